The second kappa shape index (κ2) is 8.27. The molecule has 0 bridgehead atoms. The largest absolute Gasteiger partial charge is 0.294 e. The number of benzene rings is 1. The Kier molecular flexibility index (Phi) is 5.61. The topological polar surface area (TPSA) is 92.1 Å². The van der Waals surface area contributed by atoms with Crippen molar-refractivity contribution in [3.8, 4) is 5.69 Å². The van der Waals surface area contributed by atoms with Gasteiger partial charge in [-0.3, -0.25) is 19.7 Å². The molecule has 3 rings (SSSR count). The van der Waals surface area contributed by atoms with Crippen LogP contribution in [0.4, 0.5) is 0 Å². The van der Waals surface area contributed by atoms with E-state index >= 15 is 0 Å². The van der Waals surface area contributed by atoms with Crippen LogP contribution in [0.5, 0.6) is 0 Å². The lowest BCUT2D eigenvalue weighted by atomic mass is 10.1. The molecule has 2 heterocycles. The highest BCUT2D eigenvalue weighted by Crippen LogP contribution is 2.10. The number of amides is 1. The van der Waals surface area contributed by atoms with Gasteiger partial charge in [0.1, 0.15) is 0 Å². The minimum absolute atomic E-state index is 0.193. The smallest absolute Gasteiger partial charge is 0.280 e. The summed E-state index contributed by atoms with van der Waals surface area (Å²) >= 11 is 0. The van der Waals surface area contributed by atoms with E-state index in [0.717, 1.165) is 17.8 Å². The molecule has 3 aromatic rings. The van der Waals surface area contributed by atoms with Gasteiger partial charge in [0.05, 0.1) is 22.5 Å². The van der Waals surface area contributed by atoms with Crippen molar-refractivity contribution in [2.24, 2.45) is 5.10 Å². The van der Waals surface area contributed by atoms with E-state index in [1.807, 2.05) is 37.3 Å². The maximum Gasteiger partial charge on any atom is 0.280 e. The number of rotatable bonds is 6. The maximum absolute atomic E-state index is 12.9. The normalized spacial score (nSPS) is 11.4. The molecular formula is C20H21N5O2. The fourth-order valence-electron chi connectivity index (χ4n) is 2.80. The van der Waals surface area contributed by atoms with Gasteiger partial charge < -0.3 is 0 Å². The monoisotopic (exact) mass is 363 g/mol. The number of carbonyl (C=O) groups is 1. The molecule has 7 nitrogen and oxygen atoms in total. The van der Waals surface area contributed by atoms with Crippen LogP contribution in [-0.2, 0) is 6.42 Å². The molecule has 0 saturated heterocycles. The van der Waals surface area contributed by atoms with Crippen LogP contribution in [0.1, 0.15) is 41.9 Å². The number of hydrogen-bond donors (Lipinski definition) is 2. The number of H-pyrrole nitrogens is 1. The second-order valence-electron chi connectivity index (χ2n) is 6.07. The lowest BCUT2D eigenvalue weighted by Crippen LogP contribution is -2.23. The molecular weight excluding hydrogens is 342 g/mol. The molecule has 0 radical (unpaired) electrons. The number of para-hydroxylation sites is 1. The Balaban J connectivity index is 1.93. The average molecular weight is 363 g/mol. The van der Waals surface area contributed by atoms with Crippen molar-refractivity contribution in [1.82, 2.24) is 20.2 Å². The van der Waals surface area contributed by atoms with Crippen molar-refractivity contribution in [1.29, 1.82) is 0 Å². The van der Waals surface area contributed by atoms with Crippen molar-refractivity contribution >= 4 is 11.6 Å². The highest BCUT2D eigenvalue weighted by atomic mass is 16.2. The van der Waals surface area contributed by atoms with Crippen LogP contribution < -0.4 is 11.0 Å². The summed E-state index contributed by atoms with van der Waals surface area (Å²) in [7, 11) is 0. The molecule has 0 saturated carbocycles. The van der Waals surface area contributed by atoms with Crippen molar-refractivity contribution in [3.63, 3.8) is 0 Å². The molecule has 2 N–H and O–H groups in total. The van der Waals surface area contributed by atoms with Gasteiger partial charge in [-0.15, -0.1) is 0 Å². The van der Waals surface area contributed by atoms with Gasteiger partial charge in [-0.25, -0.2) is 10.1 Å². The number of nitrogens with zero attached hydrogens (tertiary/aromatic N) is 3. The van der Waals surface area contributed by atoms with E-state index in [9.17, 15) is 9.59 Å². The number of aryl methyl sites for hydroxylation is 1. The zero-order valence-corrected chi connectivity index (χ0v) is 15.3. The summed E-state index contributed by atoms with van der Waals surface area (Å²) in [4.78, 5) is 29.0. The van der Waals surface area contributed by atoms with Gasteiger partial charge >= 0.3 is 0 Å². The number of hydrogen-bond acceptors (Lipinski definition) is 4. The molecule has 0 aliphatic rings. The molecule has 27 heavy (non-hydrogen) atoms. The van der Waals surface area contributed by atoms with E-state index in [1.165, 1.54) is 10.9 Å². The fraction of sp³-hybridized carbons (Fsp3) is 0.200. The van der Waals surface area contributed by atoms with Gasteiger partial charge in [0.15, 0.2) is 0 Å². The number of aromatic amines is 1. The Hall–Kier alpha value is -3.48. The Morgan fingerprint density at radius 1 is 1.22 bits per heavy atom. The van der Waals surface area contributed by atoms with E-state index in [0.29, 0.717) is 23.3 Å². The van der Waals surface area contributed by atoms with E-state index in [-0.39, 0.29) is 11.5 Å². The molecule has 0 spiro atoms. The molecule has 2 aromatic heterocycles. The summed E-state index contributed by atoms with van der Waals surface area (Å²) in [6, 6.07) is 12.7. The Morgan fingerprint density at radius 3 is 2.67 bits per heavy atom. The Morgan fingerprint density at radius 2 is 2.00 bits per heavy atom. The minimum Gasteiger partial charge on any atom is -0.294 e. The number of carbonyl (C=O) groups excluding carboxylic acids is 1. The van der Waals surface area contributed by atoms with E-state index < -0.39 is 0 Å². The lowest BCUT2D eigenvalue weighted by Gasteiger charge is -2.02. The zero-order valence-electron chi connectivity index (χ0n) is 15.3. The predicted molar refractivity (Wildman–Crippen MR) is 104 cm³/mol. The first kappa shape index (κ1) is 18.3. The van der Waals surface area contributed by atoms with Gasteiger partial charge in [0.2, 0.25) is 0 Å². The SMILES string of the molecule is CCCc1[nH]n(-c2ccccc2)c(=O)c1C(C)=NNC(=O)c1cccnc1. The van der Waals surface area contributed by atoms with E-state index in [2.05, 4.69) is 20.6 Å². The van der Waals surface area contributed by atoms with E-state index in [4.69, 9.17) is 0 Å². The second-order valence-corrected chi connectivity index (χ2v) is 6.07. The van der Waals surface area contributed by atoms with Gasteiger partial charge in [0, 0.05) is 18.1 Å². The summed E-state index contributed by atoms with van der Waals surface area (Å²) in [6.45, 7) is 3.75. The molecule has 138 valence electrons. The third kappa shape index (κ3) is 4.03. The number of nitrogens with one attached hydrogen (secondary N) is 2. The molecule has 1 amide bonds. The Labute approximate surface area is 156 Å². The molecule has 0 fully saturated rings. The maximum atomic E-state index is 12.9. The van der Waals surface area contributed by atoms with Gasteiger partial charge in [-0.05, 0) is 37.6 Å². The van der Waals surface area contributed by atoms with Crippen LogP contribution in [0.3, 0.4) is 0 Å². The summed E-state index contributed by atoms with van der Waals surface area (Å²) in [6.07, 6.45) is 4.63. The van der Waals surface area contributed by atoms with Crippen LogP contribution in [-0.4, -0.2) is 26.4 Å². The number of pyridine rings is 1. The number of aromatic nitrogens is 3. The molecule has 7 heteroatoms. The van der Waals surface area contributed by atoms with Crippen LogP contribution >= 0.6 is 0 Å². The molecule has 0 unspecified atom stereocenters. The zero-order chi connectivity index (χ0) is 19.2. The first-order valence-electron chi connectivity index (χ1n) is 8.76. The van der Waals surface area contributed by atoms with Crippen molar-refractivity contribution in [2.75, 3.05) is 0 Å². The molecule has 0 aliphatic carbocycles. The molecule has 1 aromatic carbocycles. The van der Waals surface area contributed by atoms with Gasteiger partial charge in [-0.2, -0.15) is 5.10 Å². The van der Waals surface area contributed by atoms with E-state index in [1.54, 1.807) is 25.3 Å². The first-order valence-corrected chi connectivity index (χ1v) is 8.76. The number of hydrazone groups is 1. The van der Waals surface area contributed by atoms with Crippen molar-refractivity contribution in [3.05, 3.63) is 82.0 Å². The van der Waals surface area contributed by atoms with Crippen LogP contribution in [0.2, 0.25) is 0 Å². The van der Waals surface area contributed by atoms with Crippen LogP contribution in [0.15, 0.2) is 64.8 Å². The van der Waals surface area contributed by atoms with Crippen molar-refractivity contribution in [2.45, 2.75) is 26.7 Å². The highest BCUT2D eigenvalue weighted by Gasteiger charge is 2.17. The van der Waals surface area contributed by atoms with Crippen LogP contribution in [0, 0.1) is 0 Å². The Bertz CT molecular complexity index is 1000. The van der Waals surface area contributed by atoms with Gasteiger partial charge in [0.25, 0.3) is 11.5 Å². The predicted octanol–water partition coefficient (Wildman–Crippen LogP) is 2.67. The fourth-order valence-corrected chi connectivity index (χ4v) is 2.80. The third-order valence-corrected chi connectivity index (χ3v) is 4.09. The summed E-state index contributed by atoms with van der Waals surface area (Å²) in [5.41, 5.74) is 5.17. The third-order valence-electron chi connectivity index (χ3n) is 4.09. The van der Waals surface area contributed by atoms with Crippen molar-refractivity contribution < 1.29 is 4.79 Å². The highest BCUT2D eigenvalue weighted by molar-refractivity contribution is 6.01. The first-order chi connectivity index (χ1) is 13.1. The van der Waals surface area contributed by atoms with Crippen LogP contribution in [0.25, 0.3) is 5.69 Å². The standard InChI is InChI=1S/C20H21N5O2/c1-3-8-17-18(20(27)25(24-17)16-10-5-4-6-11-16)14(2)22-23-19(26)15-9-7-12-21-13-15/h4-7,9-13,24H,3,8H2,1-2H3,(H,23,26). The summed E-state index contributed by atoms with van der Waals surface area (Å²) in [5.74, 6) is -0.376. The molecule has 0 aliphatic heterocycles. The average Bonchev–Trinajstić information content (AvgIpc) is 3.03. The molecule has 0 atom stereocenters. The lowest BCUT2D eigenvalue weighted by molar-refractivity contribution is 0.0954. The summed E-state index contributed by atoms with van der Waals surface area (Å²) < 4.78 is 1.50. The van der Waals surface area contributed by atoms with Gasteiger partial charge in [-0.1, -0.05) is 31.5 Å². The quantitative estimate of drug-likeness (QED) is 0.521. The summed E-state index contributed by atoms with van der Waals surface area (Å²) in [5, 5.41) is 7.31. The minimum atomic E-state index is -0.376.